The molecule has 4 rings (SSSR count). The van der Waals surface area contributed by atoms with Gasteiger partial charge < -0.3 is 14.2 Å². The molecule has 0 atom stereocenters. The Kier molecular flexibility index (Phi) is 7.51. The number of rotatable bonds is 8. The van der Waals surface area contributed by atoms with E-state index in [1.54, 1.807) is 0 Å². The second kappa shape index (κ2) is 10.7. The maximum atomic E-state index is 12.6. The molecule has 0 aliphatic carbocycles. The van der Waals surface area contributed by atoms with Gasteiger partial charge in [0.25, 0.3) is 0 Å². The molecule has 162 valence electrons. The highest BCUT2D eigenvalue weighted by Gasteiger charge is 2.25. The first-order chi connectivity index (χ1) is 14.8. The van der Waals surface area contributed by atoms with Gasteiger partial charge in [0, 0.05) is 38.9 Å². The molecular formula is C24H34N4O2. The van der Waals surface area contributed by atoms with E-state index < -0.39 is 0 Å². The molecule has 2 fully saturated rings. The van der Waals surface area contributed by atoms with Gasteiger partial charge in [0.05, 0.1) is 0 Å². The van der Waals surface area contributed by atoms with Gasteiger partial charge >= 0.3 is 0 Å². The van der Waals surface area contributed by atoms with Crippen LogP contribution in [0.25, 0.3) is 0 Å². The lowest BCUT2D eigenvalue weighted by atomic mass is 9.95. The molecule has 30 heavy (non-hydrogen) atoms. The van der Waals surface area contributed by atoms with Gasteiger partial charge in [0.15, 0.2) is 0 Å². The number of aromatic nitrogens is 2. The van der Waals surface area contributed by atoms with Gasteiger partial charge in [-0.25, -0.2) is 0 Å². The van der Waals surface area contributed by atoms with Crippen molar-refractivity contribution < 1.29 is 9.21 Å². The van der Waals surface area contributed by atoms with E-state index in [2.05, 4.69) is 27.2 Å². The quantitative estimate of drug-likeness (QED) is 0.666. The zero-order valence-corrected chi connectivity index (χ0v) is 18.0. The van der Waals surface area contributed by atoms with Gasteiger partial charge in [0.1, 0.15) is 0 Å². The highest BCUT2D eigenvalue weighted by molar-refractivity contribution is 5.76. The molecule has 1 amide bonds. The summed E-state index contributed by atoms with van der Waals surface area (Å²) in [5.74, 6) is 2.19. The van der Waals surface area contributed by atoms with Gasteiger partial charge in [0.2, 0.25) is 17.7 Å². The highest BCUT2D eigenvalue weighted by atomic mass is 16.4. The predicted molar refractivity (Wildman–Crippen MR) is 116 cm³/mol. The maximum absolute atomic E-state index is 12.6. The molecule has 0 spiro atoms. The van der Waals surface area contributed by atoms with E-state index in [9.17, 15) is 4.79 Å². The van der Waals surface area contributed by atoms with E-state index in [-0.39, 0.29) is 5.91 Å². The fourth-order valence-electron chi connectivity index (χ4n) is 4.63. The number of likely N-dealkylation sites (tertiary alicyclic amines) is 2. The van der Waals surface area contributed by atoms with Crippen LogP contribution >= 0.6 is 0 Å². The monoisotopic (exact) mass is 410 g/mol. The van der Waals surface area contributed by atoms with Gasteiger partial charge in [-0.15, -0.1) is 10.2 Å². The number of hydrogen-bond acceptors (Lipinski definition) is 5. The Morgan fingerprint density at radius 3 is 2.33 bits per heavy atom. The Morgan fingerprint density at radius 2 is 1.60 bits per heavy atom. The van der Waals surface area contributed by atoms with Crippen LogP contribution in [0.3, 0.4) is 0 Å². The van der Waals surface area contributed by atoms with Crippen LogP contribution in [-0.2, 0) is 24.1 Å². The van der Waals surface area contributed by atoms with Gasteiger partial charge in [-0.05, 0) is 56.7 Å². The van der Waals surface area contributed by atoms with Crippen LogP contribution in [-0.4, -0.2) is 58.6 Å². The number of benzene rings is 1. The lowest BCUT2D eigenvalue weighted by Gasteiger charge is -2.36. The van der Waals surface area contributed by atoms with Crippen molar-refractivity contribution in [1.29, 1.82) is 0 Å². The number of aryl methyl sites for hydroxylation is 3. The second-order valence-electron chi connectivity index (χ2n) is 8.76. The predicted octanol–water partition coefficient (Wildman–Crippen LogP) is 3.51. The number of carbonyl (C=O) groups excluding carboxylic acids is 1. The average Bonchev–Trinajstić information content (AvgIpc) is 3.26. The highest BCUT2D eigenvalue weighted by Crippen LogP contribution is 2.21. The summed E-state index contributed by atoms with van der Waals surface area (Å²) < 4.78 is 5.75. The minimum Gasteiger partial charge on any atom is -0.425 e. The molecule has 6 nitrogen and oxygen atoms in total. The topological polar surface area (TPSA) is 62.5 Å². The van der Waals surface area contributed by atoms with E-state index in [1.165, 1.54) is 44.5 Å². The molecule has 0 radical (unpaired) electrons. The Balaban J connectivity index is 1.15. The fraction of sp³-hybridized carbons (Fsp3) is 0.625. The van der Waals surface area contributed by atoms with Gasteiger partial charge in [-0.2, -0.15) is 0 Å². The molecule has 2 aromatic rings. The standard InChI is InChI=1S/C24H34N4O2/c29-24(28-17-13-21(14-18-28)19-27-15-5-2-6-16-27)12-11-23-26-25-22(30-23)10-9-20-7-3-1-4-8-20/h1,3-4,7-8,21H,2,5-6,9-19H2. The zero-order valence-electron chi connectivity index (χ0n) is 18.0. The SMILES string of the molecule is O=C(CCc1nnc(CCc2ccccc2)o1)N1CCC(CN2CCCCC2)CC1. The van der Waals surface area contributed by atoms with Crippen molar-refractivity contribution in [2.75, 3.05) is 32.7 Å². The van der Waals surface area contributed by atoms with Crippen LogP contribution < -0.4 is 0 Å². The Morgan fingerprint density at radius 1 is 0.900 bits per heavy atom. The third kappa shape index (κ3) is 6.14. The first kappa shape index (κ1) is 21.0. The third-order valence-corrected chi connectivity index (χ3v) is 6.46. The molecule has 6 heteroatoms. The van der Waals surface area contributed by atoms with Crippen molar-refractivity contribution in [3.63, 3.8) is 0 Å². The van der Waals surface area contributed by atoms with Gasteiger partial charge in [-0.3, -0.25) is 4.79 Å². The summed E-state index contributed by atoms with van der Waals surface area (Å²) in [5.41, 5.74) is 1.26. The van der Waals surface area contributed by atoms with Crippen LogP contribution in [0.5, 0.6) is 0 Å². The van der Waals surface area contributed by atoms with Crippen molar-refractivity contribution in [1.82, 2.24) is 20.0 Å². The molecule has 1 aromatic carbocycles. The minimum atomic E-state index is 0.218. The van der Waals surface area contributed by atoms with Gasteiger partial charge in [-0.1, -0.05) is 36.8 Å². The Hall–Kier alpha value is -2.21. The Bertz CT molecular complexity index is 778. The third-order valence-electron chi connectivity index (χ3n) is 6.46. The number of carbonyl (C=O) groups is 1. The lowest BCUT2D eigenvalue weighted by Crippen LogP contribution is -2.42. The molecule has 2 aliphatic rings. The van der Waals surface area contributed by atoms with Crippen molar-refractivity contribution in [2.45, 2.75) is 57.8 Å². The van der Waals surface area contributed by atoms with Crippen LogP contribution in [0, 0.1) is 5.92 Å². The molecular weight excluding hydrogens is 376 g/mol. The lowest BCUT2D eigenvalue weighted by molar-refractivity contribution is -0.132. The summed E-state index contributed by atoms with van der Waals surface area (Å²) in [5, 5.41) is 8.27. The summed E-state index contributed by atoms with van der Waals surface area (Å²) in [6.07, 6.45) is 8.95. The number of piperidine rings is 2. The molecule has 2 aliphatic heterocycles. The summed E-state index contributed by atoms with van der Waals surface area (Å²) in [4.78, 5) is 17.3. The van der Waals surface area contributed by atoms with Crippen LogP contribution in [0.15, 0.2) is 34.7 Å². The van der Waals surface area contributed by atoms with E-state index in [1.807, 2.05) is 23.1 Å². The molecule has 0 saturated carbocycles. The van der Waals surface area contributed by atoms with Crippen molar-refractivity contribution in [3.05, 3.63) is 47.7 Å². The number of amides is 1. The molecule has 3 heterocycles. The van der Waals surface area contributed by atoms with Crippen molar-refractivity contribution in [2.24, 2.45) is 5.92 Å². The molecule has 0 bridgehead atoms. The second-order valence-corrected chi connectivity index (χ2v) is 8.76. The summed E-state index contributed by atoms with van der Waals surface area (Å²) in [6, 6.07) is 10.3. The molecule has 0 unspecified atom stereocenters. The first-order valence-electron chi connectivity index (χ1n) is 11.6. The van der Waals surface area contributed by atoms with Crippen LogP contribution in [0.4, 0.5) is 0 Å². The molecule has 1 aromatic heterocycles. The van der Waals surface area contributed by atoms with Crippen molar-refractivity contribution >= 4 is 5.91 Å². The molecule has 2 saturated heterocycles. The van der Waals surface area contributed by atoms with E-state index in [0.29, 0.717) is 24.6 Å². The zero-order chi connectivity index (χ0) is 20.6. The molecule has 0 N–H and O–H groups in total. The number of hydrogen-bond donors (Lipinski definition) is 0. The fourth-order valence-corrected chi connectivity index (χ4v) is 4.63. The summed E-state index contributed by atoms with van der Waals surface area (Å²) in [6.45, 7) is 5.52. The first-order valence-corrected chi connectivity index (χ1v) is 11.6. The maximum Gasteiger partial charge on any atom is 0.223 e. The largest absolute Gasteiger partial charge is 0.425 e. The van der Waals surface area contributed by atoms with E-state index in [4.69, 9.17) is 4.42 Å². The summed E-state index contributed by atoms with van der Waals surface area (Å²) >= 11 is 0. The van der Waals surface area contributed by atoms with Crippen molar-refractivity contribution in [3.8, 4) is 0 Å². The van der Waals surface area contributed by atoms with E-state index in [0.717, 1.165) is 44.7 Å². The number of nitrogens with zero attached hydrogens (tertiary/aromatic N) is 4. The van der Waals surface area contributed by atoms with Crippen LogP contribution in [0.1, 0.15) is 55.9 Å². The Labute approximate surface area is 179 Å². The average molecular weight is 411 g/mol. The minimum absolute atomic E-state index is 0.218. The summed E-state index contributed by atoms with van der Waals surface area (Å²) in [7, 11) is 0. The van der Waals surface area contributed by atoms with E-state index >= 15 is 0 Å². The smallest absolute Gasteiger partial charge is 0.223 e. The normalized spacial score (nSPS) is 18.6. The van der Waals surface area contributed by atoms with Crippen LogP contribution in [0.2, 0.25) is 0 Å².